The number of hydrogen-bond acceptors (Lipinski definition) is 2. The smallest absolute Gasteiger partial charge is 0.127 e. The number of nitrogens with zero attached hydrogens (tertiary/aromatic N) is 1. The molecule has 0 amide bonds. The van der Waals surface area contributed by atoms with Crippen LogP contribution in [0, 0.1) is 0 Å². The second-order valence-electron chi connectivity index (χ2n) is 5.69. The maximum atomic E-state index is 5.84. The summed E-state index contributed by atoms with van der Waals surface area (Å²) in [6.45, 7) is 7.88. The Balaban J connectivity index is 1.92. The Kier molecular flexibility index (Phi) is 6.98. The van der Waals surface area contributed by atoms with Gasteiger partial charge in [0.15, 0.2) is 0 Å². The summed E-state index contributed by atoms with van der Waals surface area (Å²) < 4.78 is 5.84. The van der Waals surface area contributed by atoms with Gasteiger partial charge in [-0.25, -0.2) is 0 Å². The standard InChI is InChI=1S/C20H27NO/c1-3-5-16-21(15-4-2)17-18-11-13-20(14-12-18)22-19-9-7-6-8-10-19/h6-14H,3-5,15-17H2,1-2H3. The van der Waals surface area contributed by atoms with E-state index in [1.165, 1.54) is 37.9 Å². The molecule has 0 heterocycles. The van der Waals surface area contributed by atoms with Gasteiger partial charge in [0.1, 0.15) is 11.5 Å². The second kappa shape index (κ2) is 9.26. The summed E-state index contributed by atoms with van der Waals surface area (Å²) in [5.41, 5.74) is 1.35. The van der Waals surface area contributed by atoms with Gasteiger partial charge in [0.25, 0.3) is 0 Å². The molecule has 0 aliphatic carbocycles. The van der Waals surface area contributed by atoms with Crippen molar-refractivity contribution in [1.82, 2.24) is 4.90 Å². The topological polar surface area (TPSA) is 12.5 Å². The molecule has 2 nitrogen and oxygen atoms in total. The maximum Gasteiger partial charge on any atom is 0.127 e. The lowest BCUT2D eigenvalue weighted by atomic mass is 10.2. The molecule has 2 heteroatoms. The third-order valence-corrected chi connectivity index (χ3v) is 3.68. The van der Waals surface area contributed by atoms with Crippen LogP contribution in [0.25, 0.3) is 0 Å². The van der Waals surface area contributed by atoms with Crippen LogP contribution in [-0.4, -0.2) is 18.0 Å². The summed E-state index contributed by atoms with van der Waals surface area (Å²) >= 11 is 0. The van der Waals surface area contributed by atoms with Crippen LogP contribution in [0.3, 0.4) is 0 Å². The molecule has 0 atom stereocenters. The molecular weight excluding hydrogens is 270 g/mol. The third-order valence-electron chi connectivity index (χ3n) is 3.68. The molecule has 2 aromatic rings. The van der Waals surface area contributed by atoms with Crippen LogP contribution >= 0.6 is 0 Å². The monoisotopic (exact) mass is 297 g/mol. The Bertz CT molecular complexity index is 521. The molecule has 118 valence electrons. The Morgan fingerprint density at radius 3 is 2.09 bits per heavy atom. The number of benzene rings is 2. The van der Waals surface area contributed by atoms with Crippen LogP contribution in [0.4, 0.5) is 0 Å². The summed E-state index contributed by atoms with van der Waals surface area (Å²) in [5, 5.41) is 0. The van der Waals surface area contributed by atoms with Gasteiger partial charge in [0, 0.05) is 6.54 Å². The van der Waals surface area contributed by atoms with Crippen LogP contribution in [0.5, 0.6) is 11.5 Å². The van der Waals surface area contributed by atoms with E-state index >= 15 is 0 Å². The Labute approximate surface area is 134 Å². The highest BCUT2D eigenvalue weighted by molar-refractivity contribution is 5.32. The quantitative estimate of drug-likeness (QED) is 0.606. The number of unbranched alkanes of at least 4 members (excludes halogenated alkanes) is 1. The minimum absolute atomic E-state index is 0.880. The maximum absolute atomic E-state index is 5.84. The molecule has 0 radical (unpaired) electrons. The van der Waals surface area contributed by atoms with Gasteiger partial charge in [0.2, 0.25) is 0 Å². The van der Waals surface area contributed by atoms with Crippen molar-refractivity contribution in [1.29, 1.82) is 0 Å². The van der Waals surface area contributed by atoms with Crippen molar-refractivity contribution in [2.75, 3.05) is 13.1 Å². The van der Waals surface area contributed by atoms with Crippen molar-refractivity contribution in [3.8, 4) is 11.5 Å². The lowest BCUT2D eigenvalue weighted by Gasteiger charge is -2.21. The van der Waals surface area contributed by atoms with Gasteiger partial charge < -0.3 is 4.74 Å². The van der Waals surface area contributed by atoms with E-state index in [4.69, 9.17) is 4.74 Å². The predicted molar refractivity (Wildman–Crippen MR) is 93.4 cm³/mol. The average molecular weight is 297 g/mol. The predicted octanol–water partition coefficient (Wildman–Crippen LogP) is 5.49. The van der Waals surface area contributed by atoms with E-state index in [1.54, 1.807) is 0 Å². The van der Waals surface area contributed by atoms with Crippen LogP contribution in [0.1, 0.15) is 38.7 Å². The highest BCUT2D eigenvalue weighted by Gasteiger charge is 2.05. The van der Waals surface area contributed by atoms with Gasteiger partial charge in [-0.1, -0.05) is 50.6 Å². The van der Waals surface area contributed by atoms with Crippen molar-refractivity contribution in [2.24, 2.45) is 0 Å². The zero-order chi connectivity index (χ0) is 15.6. The zero-order valence-electron chi connectivity index (χ0n) is 13.8. The molecule has 0 aliphatic rings. The van der Waals surface area contributed by atoms with Crippen molar-refractivity contribution < 1.29 is 4.74 Å². The molecule has 0 aromatic heterocycles. The van der Waals surface area contributed by atoms with E-state index in [1.807, 2.05) is 30.3 Å². The van der Waals surface area contributed by atoms with Gasteiger partial charge in [-0.05, 0) is 55.8 Å². The number of rotatable bonds is 9. The van der Waals surface area contributed by atoms with Crippen LogP contribution in [0.15, 0.2) is 54.6 Å². The highest BCUT2D eigenvalue weighted by Crippen LogP contribution is 2.21. The molecule has 0 fully saturated rings. The zero-order valence-corrected chi connectivity index (χ0v) is 13.8. The molecule has 0 aliphatic heterocycles. The largest absolute Gasteiger partial charge is 0.457 e. The van der Waals surface area contributed by atoms with Crippen LogP contribution in [-0.2, 0) is 6.54 Å². The third kappa shape index (κ3) is 5.53. The molecule has 2 aromatic carbocycles. The first-order valence-corrected chi connectivity index (χ1v) is 8.36. The molecule has 22 heavy (non-hydrogen) atoms. The lowest BCUT2D eigenvalue weighted by molar-refractivity contribution is 0.261. The summed E-state index contributed by atoms with van der Waals surface area (Å²) in [7, 11) is 0. The van der Waals surface area contributed by atoms with E-state index in [0.29, 0.717) is 0 Å². The molecule has 2 rings (SSSR count). The Morgan fingerprint density at radius 2 is 1.45 bits per heavy atom. The molecule has 0 saturated carbocycles. The van der Waals surface area contributed by atoms with Gasteiger partial charge >= 0.3 is 0 Å². The second-order valence-corrected chi connectivity index (χ2v) is 5.69. The summed E-state index contributed by atoms with van der Waals surface area (Å²) in [6, 6.07) is 18.4. The molecule has 0 saturated heterocycles. The van der Waals surface area contributed by atoms with Crippen LogP contribution < -0.4 is 4.74 Å². The van der Waals surface area contributed by atoms with Crippen LogP contribution in [0.2, 0.25) is 0 Å². The SMILES string of the molecule is CCCCN(CCC)Cc1ccc(Oc2ccccc2)cc1. The number of para-hydroxylation sites is 1. The summed E-state index contributed by atoms with van der Waals surface area (Å²) in [4.78, 5) is 2.54. The lowest BCUT2D eigenvalue weighted by Crippen LogP contribution is -2.25. The Morgan fingerprint density at radius 1 is 0.773 bits per heavy atom. The van der Waals surface area contributed by atoms with Gasteiger partial charge in [-0.3, -0.25) is 4.90 Å². The van der Waals surface area contributed by atoms with Gasteiger partial charge in [0.05, 0.1) is 0 Å². The van der Waals surface area contributed by atoms with Crippen molar-refractivity contribution in [3.05, 3.63) is 60.2 Å². The average Bonchev–Trinajstić information content (AvgIpc) is 2.55. The van der Waals surface area contributed by atoms with E-state index in [-0.39, 0.29) is 0 Å². The minimum atomic E-state index is 0.880. The Hall–Kier alpha value is -1.80. The fourth-order valence-corrected chi connectivity index (χ4v) is 2.51. The van der Waals surface area contributed by atoms with E-state index in [0.717, 1.165) is 18.0 Å². The van der Waals surface area contributed by atoms with Crippen molar-refractivity contribution >= 4 is 0 Å². The highest BCUT2D eigenvalue weighted by atomic mass is 16.5. The first kappa shape index (κ1) is 16.6. The molecule has 0 unspecified atom stereocenters. The van der Waals surface area contributed by atoms with Crippen molar-refractivity contribution in [3.63, 3.8) is 0 Å². The molecule has 0 bridgehead atoms. The first-order chi connectivity index (χ1) is 10.8. The summed E-state index contributed by atoms with van der Waals surface area (Å²) in [6.07, 6.45) is 3.73. The fourth-order valence-electron chi connectivity index (χ4n) is 2.51. The van der Waals surface area contributed by atoms with Gasteiger partial charge in [-0.2, -0.15) is 0 Å². The fraction of sp³-hybridized carbons (Fsp3) is 0.400. The van der Waals surface area contributed by atoms with E-state index in [9.17, 15) is 0 Å². The molecular formula is C20H27NO. The number of ether oxygens (including phenoxy) is 1. The van der Waals surface area contributed by atoms with E-state index < -0.39 is 0 Å². The normalized spacial score (nSPS) is 10.9. The number of hydrogen-bond donors (Lipinski definition) is 0. The van der Waals surface area contributed by atoms with Crippen molar-refractivity contribution in [2.45, 2.75) is 39.7 Å². The molecule has 0 spiro atoms. The minimum Gasteiger partial charge on any atom is -0.457 e. The summed E-state index contributed by atoms with van der Waals surface area (Å²) in [5.74, 6) is 1.77. The first-order valence-electron chi connectivity index (χ1n) is 8.36. The van der Waals surface area contributed by atoms with Gasteiger partial charge in [-0.15, -0.1) is 0 Å². The molecule has 0 N–H and O–H groups in total. The van der Waals surface area contributed by atoms with E-state index in [2.05, 4.69) is 43.0 Å².